The Bertz CT molecular complexity index is 484. The SMILES string of the molecule is CCSc1ccc(-c2cc(=O)[nH][nH]2)cc1. The van der Waals surface area contributed by atoms with E-state index in [2.05, 4.69) is 29.3 Å². The van der Waals surface area contributed by atoms with Gasteiger partial charge in [-0.2, -0.15) is 0 Å². The zero-order valence-corrected chi connectivity index (χ0v) is 9.23. The van der Waals surface area contributed by atoms with E-state index in [1.165, 1.54) is 4.90 Å². The molecule has 0 fully saturated rings. The molecule has 15 heavy (non-hydrogen) atoms. The van der Waals surface area contributed by atoms with Crippen LogP contribution < -0.4 is 5.56 Å². The van der Waals surface area contributed by atoms with E-state index in [0.29, 0.717) is 0 Å². The molecule has 0 saturated carbocycles. The smallest absolute Gasteiger partial charge is 0.264 e. The minimum Gasteiger partial charge on any atom is -0.298 e. The summed E-state index contributed by atoms with van der Waals surface area (Å²) in [6, 6.07) is 9.71. The van der Waals surface area contributed by atoms with Crippen molar-refractivity contribution in [3.8, 4) is 11.3 Å². The van der Waals surface area contributed by atoms with Crippen molar-refractivity contribution in [2.45, 2.75) is 11.8 Å². The fourth-order valence-corrected chi connectivity index (χ4v) is 2.05. The van der Waals surface area contributed by atoms with Crippen LogP contribution in [0, 0.1) is 0 Å². The second-order valence-electron chi connectivity index (χ2n) is 3.13. The van der Waals surface area contributed by atoms with E-state index in [9.17, 15) is 4.79 Å². The molecule has 0 amide bonds. The van der Waals surface area contributed by atoms with E-state index >= 15 is 0 Å². The number of nitrogens with one attached hydrogen (secondary N) is 2. The highest BCUT2D eigenvalue weighted by atomic mass is 32.2. The monoisotopic (exact) mass is 220 g/mol. The molecule has 2 N–H and O–H groups in total. The Hall–Kier alpha value is -1.42. The molecule has 78 valence electrons. The number of aromatic nitrogens is 2. The molecule has 1 aromatic carbocycles. The third kappa shape index (κ3) is 2.33. The van der Waals surface area contributed by atoms with Crippen LogP contribution in [0.4, 0.5) is 0 Å². The lowest BCUT2D eigenvalue weighted by Gasteiger charge is -2.00. The van der Waals surface area contributed by atoms with Crippen molar-refractivity contribution in [1.82, 2.24) is 10.2 Å². The van der Waals surface area contributed by atoms with Gasteiger partial charge in [-0.15, -0.1) is 11.8 Å². The number of hydrogen-bond acceptors (Lipinski definition) is 2. The van der Waals surface area contributed by atoms with Crippen molar-refractivity contribution in [3.05, 3.63) is 40.7 Å². The average molecular weight is 220 g/mol. The van der Waals surface area contributed by atoms with Crippen LogP contribution in [0.5, 0.6) is 0 Å². The standard InChI is InChI=1S/C11H12N2OS/c1-2-15-9-5-3-8(4-6-9)10-7-11(14)13-12-10/h3-7H,2H2,1H3,(H2,12,13,14). The molecule has 4 heteroatoms. The lowest BCUT2D eigenvalue weighted by molar-refractivity contribution is 1.06. The first-order valence-electron chi connectivity index (χ1n) is 4.80. The first-order valence-corrected chi connectivity index (χ1v) is 5.79. The van der Waals surface area contributed by atoms with E-state index in [0.717, 1.165) is 17.0 Å². The summed E-state index contributed by atoms with van der Waals surface area (Å²) in [6.07, 6.45) is 0. The van der Waals surface area contributed by atoms with Gasteiger partial charge in [-0.3, -0.25) is 15.0 Å². The van der Waals surface area contributed by atoms with Gasteiger partial charge in [0.15, 0.2) is 0 Å². The molecule has 0 aliphatic carbocycles. The van der Waals surface area contributed by atoms with Gasteiger partial charge in [0.2, 0.25) is 0 Å². The summed E-state index contributed by atoms with van der Waals surface area (Å²) < 4.78 is 0. The van der Waals surface area contributed by atoms with Crippen molar-refractivity contribution in [2.24, 2.45) is 0 Å². The first kappa shape index (κ1) is 10.1. The third-order valence-corrected chi connectivity index (χ3v) is 2.97. The van der Waals surface area contributed by atoms with Crippen LogP contribution in [0.2, 0.25) is 0 Å². The zero-order valence-electron chi connectivity index (χ0n) is 8.41. The van der Waals surface area contributed by atoms with Gasteiger partial charge in [-0.25, -0.2) is 0 Å². The van der Waals surface area contributed by atoms with Crippen molar-refractivity contribution in [3.63, 3.8) is 0 Å². The maximum Gasteiger partial charge on any atom is 0.264 e. The molecule has 0 spiro atoms. The van der Waals surface area contributed by atoms with E-state index in [-0.39, 0.29) is 5.56 Å². The fraction of sp³-hybridized carbons (Fsp3) is 0.182. The summed E-state index contributed by atoms with van der Waals surface area (Å²) in [5, 5.41) is 5.35. The fourth-order valence-electron chi connectivity index (χ4n) is 1.39. The Kier molecular flexibility index (Phi) is 2.97. The van der Waals surface area contributed by atoms with Gasteiger partial charge in [0.1, 0.15) is 0 Å². The molecule has 0 unspecified atom stereocenters. The van der Waals surface area contributed by atoms with E-state index in [1.54, 1.807) is 17.8 Å². The molecule has 3 nitrogen and oxygen atoms in total. The number of aromatic amines is 2. The summed E-state index contributed by atoms with van der Waals surface area (Å²) >= 11 is 1.80. The molecule has 0 aliphatic rings. The normalized spacial score (nSPS) is 10.5. The van der Waals surface area contributed by atoms with Crippen LogP contribution in [0.1, 0.15) is 6.92 Å². The van der Waals surface area contributed by atoms with Crippen LogP contribution in [-0.2, 0) is 0 Å². The number of benzene rings is 1. The largest absolute Gasteiger partial charge is 0.298 e. The second-order valence-corrected chi connectivity index (χ2v) is 4.47. The maximum atomic E-state index is 10.9. The minimum atomic E-state index is -0.1000. The van der Waals surface area contributed by atoms with Crippen LogP contribution in [0.3, 0.4) is 0 Å². The van der Waals surface area contributed by atoms with E-state index in [4.69, 9.17) is 0 Å². The van der Waals surface area contributed by atoms with E-state index < -0.39 is 0 Å². The van der Waals surface area contributed by atoms with Gasteiger partial charge in [0, 0.05) is 11.0 Å². The molecule has 1 aromatic heterocycles. The number of H-pyrrole nitrogens is 2. The summed E-state index contributed by atoms with van der Waals surface area (Å²) in [5.41, 5.74) is 1.75. The molecule has 1 heterocycles. The van der Waals surface area contributed by atoms with Crippen LogP contribution in [0.15, 0.2) is 40.0 Å². The van der Waals surface area contributed by atoms with Gasteiger partial charge >= 0.3 is 0 Å². The highest BCUT2D eigenvalue weighted by Crippen LogP contribution is 2.21. The summed E-state index contributed by atoms with van der Waals surface area (Å²) in [5.74, 6) is 1.07. The lowest BCUT2D eigenvalue weighted by atomic mass is 10.2. The maximum absolute atomic E-state index is 10.9. The Labute approximate surface area is 91.9 Å². The van der Waals surface area contributed by atoms with Gasteiger partial charge in [0.05, 0.1) is 5.69 Å². The summed E-state index contributed by atoms with van der Waals surface area (Å²) in [7, 11) is 0. The Balaban J connectivity index is 2.27. The van der Waals surface area contributed by atoms with Crippen LogP contribution in [-0.4, -0.2) is 16.0 Å². The van der Waals surface area contributed by atoms with Gasteiger partial charge in [-0.1, -0.05) is 19.1 Å². The highest BCUT2D eigenvalue weighted by Gasteiger charge is 2.00. The first-order chi connectivity index (χ1) is 7.29. The molecule has 0 bridgehead atoms. The highest BCUT2D eigenvalue weighted by molar-refractivity contribution is 7.99. The van der Waals surface area contributed by atoms with Gasteiger partial charge in [-0.05, 0) is 23.4 Å². The number of hydrogen-bond donors (Lipinski definition) is 2. The number of rotatable bonds is 3. The molecular formula is C11H12N2OS. The number of thioether (sulfide) groups is 1. The Morgan fingerprint density at radius 2 is 1.93 bits per heavy atom. The molecule has 0 saturated heterocycles. The third-order valence-electron chi connectivity index (χ3n) is 2.07. The van der Waals surface area contributed by atoms with Crippen molar-refractivity contribution >= 4 is 11.8 Å². The van der Waals surface area contributed by atoms with Gasteiger partial charge < -0.3 is 0 Å². The average Bonchev–Trinajstić information content (AvgIpc) is 2.67. The molecular weight excluding hydrogens is 208 g/mol. The molecule has 2 rings (SSSR count). The zero-order chi connectivity index (χ0) is 10.7. The van der Waals surface area contributed by atoms with Crippen molar-refractivity contribution < 1.29 is 0 Å². The quantitative estimate of drug-likeness (QED) is 0.781. The Morgan fingerprint density at radius 1 is 1.20 bits per heavy atom. The predicted octanol–water partition coefficient (Wildman–Crippen LogP) is 2.48. The molecule has 0 atom stereocenters. The van der Waals surface area contributed by atoms with Crippen molar-refractivity contribution in [1.29, 1.82) is 0 Å². The Morgan fingerprint density at radius 3 is 2.47 bits per heavy atom. The van der Waals surface area contributed by atoms with Crippen molar-refractivity contribution in [2.75, 3.05) is 5.75 Å². The lowest BCUT2D eigenvalue weighted by Crippen LogP contribution is -1.93. The van der Waals surface area contributed by atoms with Crippen LogP contribution >= 0.6 is 11.8 Å². The molecule has 0 radical (unpaired) electrons. The predicted molar refractivity (Wildman–Crippen MR) is 63.2 cm³/mol. The van der Waals surface area contributed by atoms with E-state index in [1.807, 2.05) is 12.1 Å². The summed E-state index contributed by atoms with van der Waals surface area (Å²) in [6.45, 7) is 2.13. The second kappa shape index (κ2) is 4.40. The molecule has 2 aromatic rings. The van der Waals surface area contributed by atoms with Crippen LogP contribution in [0.25, 0.3) is 11.3 Å². The summed E-state index contributed by atoms with van der Waals surface area (Å²) in [4.78, 5) is 12.2. The minimum absolute atomic E-state index is 0.1000. The molecule has 0 aliphatic heterocycles. The van der Waals surface area contributed by atoms with Gasteiger partial charge in [0.25, 0.3) is 5.56 Å². The topological polar surface area (TPSA) is 48.6 Å².